The summed E-state index contributed by atoms with van der Waals surface area (Å²) in [5.41, 5.74) is 1.05. The van der Waals surface area contributed by atoms with Gasteiger partial charge in [-0.3, -0.25) is 4.79 Å². The SMILES string of the molecule is COc1ccc(C(=O)c2ccccc2SC)c(OC)c1Cl. The van der Waals surface area contributed by atoms with Crippen LogP contribution in [0.3, 0.4) is 0 Å². The van der Waals surface area contributed by atoms with Crippen molar-refractivity contribution < 1.29 is 14.3 Å². The van der Waals surface area contributed by atoms with Crippen molar-refractivity contribution in [1.29, 1.82) is 0 Å². The number of ketones is 1. The van der Waals surface area contributed by atoms with E-state index in [-0.39, 0.29) is 5.78 Å². The molecule has 0 aliphatic rings. The first-order valence-electron chi connectivity index (χ1n) is 6.22. The summed E-state index contributed by atoms with van der Waals surface area (Å²) in [5, 5.41) is 0.299. The molecule has 0 aliphatic carbocycles. The quantitative estimate of drug-likeness (QED) is 0.607. The zero-order valence-corrected chi connectivity index (χ0v) is 13.5. The first-order valence-corrected chi connectivity index (χ1v) is 7.82. The van der Waals surface area contributed by atoms with Crippen molar-refractivity contribution in [1.82, 2.24) is 0 Å². The fourth-order valence-electron chi connectivity index (χ4n) is 2.05. The fraction of sp³-hybridized carbons (Fsp3) is 0.188. The second-order valence-electron chi connectivity index (χ2n) is 4.19. The van der Waals surface area contributed by atoms with E-state index < -0.39 is 0 Å². The fourth-order valence-corrected chi connectivity index (χ4v) is 2.97. The number of carbonyl (C=O) groups excluding carboxylic acids is 1. The van der Waals surface area contributed by atoms with Crippen LogP contribution < -0.4 is 9.47 Å². The molecular weight excluding hydrogens is 308 g/mol. The number of hydrogen-bond donors (Lipinski definition) is 0. The largest absolute Gasteiger partial charge is 0.495 e. The van der Waals surface area contributed by atoms with Crippen molar-refractivity contribution in [3.63, 3.8) is 0 Å². The van der Waals surface area contributed by atoms with Gasteiger partial charge in [0, 0.05) is 10.5 Å². The summed E-state index contributed by atoms with van der Waals surface area (Å²) in [6, 6.07) is 10.8. The average molecular weight is 323 g/mol. The van der Waals surface area contributed by atoms with E-state index in [2.05, 4.69) is 0 Å². The van der Waals surface area contributed by atoms with Crippen molar-refractivity contribution in [3.05, 3.63) is 52.5 Å². The van der Waals surface area contributed by atoms with E-state index in [1.54, 1.807) is 18.2 Å². The monoisotopic (exact) mass is 322 g/mol. The van der Waals surface area contributed by atoms with E-state index in [0.29, 0.717) is 27.6 Å². The standard InChI is InChI=1S/C16H15ClO3S/c1-19-12-9-8-11(16(20-2)14(12)17)15(18)10-6-4-5-7-13(10)21-3/h4-9H,1-3H3. The molecule has 3 nitrogen and oxygen atoms in total. The topological polar surface area (TPSA) is 35.5 Å². The summed E-state index contributed by atoms with van der Waals surface area (Å²) < 4.78 is 10.4. The van der Waals surface area contributed by atoms with Crippen LogP contribution in [0.25, 0.3) is 0 Å². The van der Waals surface area contributed by atoms with Gasteiger partial charge in [-0.05, 0) is 30.5 Å². The molecule has 0 unspecified atom stereocenters. The van der Waals surface area contributed by atoms with Crippen LogP contribution in [-0.4, -0.2) is 26.3 Å². The summed E-state index contributed by atoms with van der Waals surface area (Å²) in [6.45, 7) is 0. The molecule has 0 radical (unpaired) electrons. The zero-order chi connectivity index (χ0) is 15.4. The minimum atomic E-state index is -0.124. The smallest absolute Gasteiger partial charge is 0.197 e. The van der Waals surface area contributed by atoms with Crippen LogP contribution in [0.4, 0.5) is 0 Å². The molecule has 0 fully saturated rings. The molecule has 0 atom stereocenters. The molecule has 5 heteroatoms. The summed E-state index contributed by atoms with van der Waals surface area (Å²) in [4.78, 5) is 13.7. The molecule has 0 saturated carbocycles. The molecule has 0 heterocycles. The lowest BCUT2D eigenvalue weighted by atomic mass is 10.0. The van der Waals surface area contributed by atoms with Gasteiger partial charge in [0.05, 0.1) is 19.8 Å². The maximum atomic E-state index is 12.8. The van der Waals surface area contributed by atoms with Crippen LogP contribution in [0.2, 0.25) is 5.02 Å². The Morgan fingerprint density at radius 1 is 1.05 bits per heavy atom. The number of methoxy groups -OCH3 is 2. The molecule has 0 aromatic heterocycles. The molecule has 0 saturated heterocycles. The lowest BCUT2D eigenvalue weighted by Crippen LogP contribution is -2.06. The van der Waals surface area contributed by atoms with E-state index in [9.17, 15) is 4.79 Å². The highest BCUT2D eigenvalue weighted by Crippen LogP contribution is 2.38. The van der Waals surface area contributed by atoms with Gasteiger partial charge >= 0.3 is 0 Å². The van der Waals surface area contributed by atoms with E-state index in [1.165, 1.54) is 26.0 Å². The lowest BCUT2D eigenvalue weighted by Gasteiger charge is -2.13. The number of hydrogen-bond acceptors (Lipinski definition) is 4. The van der Waals surface area contributed by atoms with Gasteiger partial charge < -0.3 is 9.47 Å². The highest BCUT2D eigenvalue weighted by molar-refractivity contribution is 7.98. The maximum absolute atomic E-state index is 12.8. The molecule has 0 aliphatic heterocycles. The Kier molecular flexibility index (Phi) is 5.15. The molecular formula is C16H15ClO3S. The Bertz CT molecular complexity index is 671. The second kappa shape index (κ2) is 6.87. The first kappa shape index (κ1) is 15.7. The van der Waals surface area contributed by atoms with Crippen molar-refractivity contribution in [3.8, 4) is 11.5 Å². The van der Waals surface area contributed by atoms with Gasteiger partial charge in [0.2, 0.25) is 0 Å². The first-order chi connectivity index (χ1) is 10.1. The molecule has 0 bridgehead atoms. The third-order valence-corrected chi connectivity index (χ3v) is 4.24. The number of carbonyl (C=O) groups is 1. The third kappa shape index (κ3) is 3.01. The van der Waals surface area contributed by atoms with Gasteiger partial charge in [-0.1, -0.05) is 23.7 Å². The van der Waals surface area contributed by atoms with Crippen LogP contribution in [0.1, 0.15) is 15.9 Å². The summed E-state index contributed by atoms with van der Waals surface area (Å²) >= 11 is 7.74. The third-order valence-electron chi connectivity index (χ3n) is 3.08. The van der Waals surface area contributed by atoms with Crippen molar-refractivity contribution in [2.24, 2.45) is 0 Å². The van der Waals surface area contributed by atoms with Crippen LogP contribution in [0, 0.1) is 0 Å². The van der Waals surface area contributed by atoms with E-state index >= 15 is 0 Å². The van der Waals surface area contributed by atoms with Gasteiger partial charge in [-0.25, -0.2) is 0 Å². The summed E-state index contributed by atoms with van der Waals surface area (Å²) in [6.07, 6.45) is 1.93. The van der Waals surface area contributed by atoms with Gasteiger partial charge in [-0.15, -0.1) is 11.8 Å². The van der Waals surface area contributed by atoms with Gasteiger partial charge in [0.1, 0.15) is 10.8 Å². The molecule has 0 N–H and O–H groups in total. The molecule has 21 heavy (non-hydrogen) atoms. The predicted molar refractivity (Wildman–Crippen MR) is 86.2 cm³/mol. The average Bonchev–Trinajstić information content (AvgIpc) is 2.53. The van der Waals surface area contributed by atoms with Crippen LogP contribution in [-0.2, 0) is 0 Å². The Labute approximate surface area is 133 Å². The number of thioether (sulfide) groups is 1. The van der Waals surface area contributed by atoms with Crippen molar-refractivity contribution in [2.75, 3.05) is 20.5 Å². The van der Waals surface area contributed by atoms with Gasteiger partial charge in [0.25, 0.3) is 0 Å². The summed E-state index contributed by atoms with van der Waals surface area (Å²) in [7, 11) is 3.00. The molecule has 2 aromatic carbocycles. The zero-order valence-electron chi connectivity index (χ0n) is 12.0. The predicted octanol–water partition coefficient (Wildman–Crippen LogP) is 4.31. The van der Waals surface area contributed by atoms with Crippen LogP contribution >= 0.6 is 23.4 Å². The minimum Gasteiger partial charge on any atom is -0.495 e. The lowest BCUT2D eigenvalue weighted by molar-refractivity contribution is 0.103. The normalized spacial score (nSPS) is 10.3. The molecule has 2 aromatic rings. The van der Waals surface area contributed by atoms with E-state index in [0.717, 1.165) is 4.90 Å². The molecule has 0 amide bonds. The Hall–Kier alpha value is -1.65. The molecule has 0 spiro atoms. The number of rotatable bonds is 5. The Balaban J connectivity index is 2.56. The maximum Gasteiger partial charge on any atom is 0.197 e. The number of benzene rings is 2. The molecule has 2 rings (SSSR count). The second-order valence-corrected chi connectivity index (χ2v) is 5.42. The number of ether oxygens (including phenoxy) is 2. The minimum absolute atomic E-state index is 0.124. The van der Waals surface area contributed by atoms with Gasteiger partial charge in [-0.2, -0.15) is 0 Å². The van der Waals surface area contributed by atoms with Gasteiger partial charge in [0.15, 0.2) is 11.5 Å². The van der Waals surface area contributed by atoms with Crippen LogP contribution in [0.15, 0.2) is 41.3 Å². The van der Waals surface area contributed by atoms with Crippen LogP contribution in [0.5, 0.6) is 11.5 Å². The molecule has 110 valence electrons. The van der Waals surface area contributed by atoms with Crippen molar-refractivity contribution in [2.45, 2.75) is 4.90 Å². The highest BCUT2D eigenvalue weighted by atomic mass is 35.5. The highest BCUT2D eigenvalue weighted by Gasteiger charge is 2.21. The van der Waals surface area contributed by atoms with E-state index in [1.807, 2.05) is 24.5 Å². The number of halogens is 1. The van der Waals surface area contributed by atoms with Crippen molar-refractivity contribution >= 4 is 29.1 Å². The van der Waals surface area contributed by atoms with E-state index in [4.69, 9.17) is 21.1 Å². The Morgan fingerprint density at radius 2 is 1.76 bits per heavy atom. The Morgan fingerprint density at radius 3 is 2.38 bits per heavy atom. The summed E-state index contributed by atoms with van der Waals surface area (Å²) in [5.74, 6) is 0.682.